The summed E-state index contributed by atoms with van der Waals surface area (Å²) in [4.78, 5) is 17.4. The molecule has 2 heterocycles. The van der Waals surface area contributed by atoms with Crippen LogP contribution in [0.2, 0.25) is 0 Å². The second-order valence-electron chi connectivity index (χ2n) is 5.08. The summed E-state index contributed by atoms with van der Waals surface area (Å²) in [7, 11) is 0. The molecule has 2 fully saturated rings. The first-order chi connectivity index (χ1) is 8.74. The highest BCUT2D eigenvalue weighted by Gasteiger charge is 2.39. The number of amides is 1. The van der Waals surface area contributed by atoms with Gasteiger partial charge in [0.05, 0.1) is 11.9 Å². The number of aromatic nitrogens is 1. The lowest BCUT2D eigenvalue weighted by atomic mass is 10.1. The molecule has 1 saturated carbocycles. The van der Waals surface area contributed by atoms with Gasteiger partial charge in [0.15, 0.2) is 5.82 Å². The molecule has 1 aliphatic heterocycles. The highest BCUT2D eigenvalue weighted by atomic mass is 19.1. The summed E-state index contributed by atoms with van der Waals surface area (Å²) >= 11 is 0. The number of likely N-dealkylation sites (tertiary alicyclic amines) is 1. The Morgan fingerprint density at radius 3 is 3.06 bits per heavy atom. The quantitative estimate of drug-likeness (QED) is 0.882. The maximum atomic E-state index is 13.4. The summed E-state index contributed by atoms with van der Waals surface area (Å²) in [6.07, 6.45) is 5.62. The summed E-state index contributed by atoms with van der Waals surface area (Å²) in [5.41, 5.74) is 0.460. The van der Waals surface area contributed by atoms with Gasteiger partial charge in [-0.1, -0.05) is 0 Å². The fourth-order valence-corrected chi connectivity index (χ4v) is 2.46. The van der Waals surface area contributed by atoms with Crippen LogP contribution in [0, 0.1) is 11.7 Å². The zero-order valence-electron chi connectivity index (χ0n) is 10.1. The molecule has 1 saturated heterocycles. The van der Waals surface area contributed by atoms with Gasteiger partial charge in [0.25, 0.3) is 0 Å². The molecule has 0 radical (unpaired) electrons. The maximum absolute atomic E-state index is 13.4. The van der Waals surface area contributed by atoms with Gasteiger partial charge in [0, 0.05) is 37.7 Å². The first-order valence-electron chi connectivity index (χ1n) is 6.37. The number of rotatable bonds is 4. The Balaban J connectivity index is 1.55. The number of pyridine rings is 1. The maximum Gasteiger partial charge on any atom is 0.223 e. The molecule has 0 spiro atoms. The van der Waals surface area contributed by atoms with Crippen molar-refractivity contribution in [3.05, 3.63) is 24.3 Å². The third-order valence-corrected chi connectivity index (χ3v) is 3.58. The Labute approximate surface area is 105 Å². The molecule has 0 aromatic carbocycles. The van der Waals surface area contributed by atoms with Crippen molar-refractivity contribution in [3.63, 3.8) is 0 Å². The number of hydrogen-bond donors (Lipinski definition) is 1. The zero-order valence-corrected chi connectivity index (χ0v) is 10.1. The lowest BCUT2D eigenvalue weighted by molar-refractivity contribution is -0.128. The highest BCUT2D eigenvalue weighted by molar-refractivity contribution is 5.79. The van der Waals surface area contributed by atoms with E-state index in [9.17, 15) is 9.18 Å². The van der Waals surface area contributed by atoms with Gasteiger partial charge in [-0.25, -0.2) is 4.39 Å². The largest absolute Gasteiger partial charge is 0.382 e. The molecular formula is C13H16FN3O. The Morgan fingerprint density at radius 1 is 1.50 bits per heavy atom. The van der Waals surface area contributed by atoms with Crippen LogP contribution in [0.15, 0.2) is 18.5 Å². The number of halogens is 1. The van der Waals surface area contributed by atoms with Crippen LogP contribution >= 0.6 is 0 Å². The predicted molar refractivity (Wildman–Crippen MR) is 65.5 cm³/mol. The first kappa shape index (κ1) is 11.4. The molecule has 1 N–H and O–H groups in total. The van der Waals surface area contributed by atoms with Crippen LogP contribution in [0.25, 0.3) is 0 Å². The van der Waals surface area contributed by atoms with Crippen LogP contribution in [0.5, 0.6) is 0 Å². The van der Waals surface area contributed by atoms with Crippen molar-refractivity contribution in [2.24, 2.45) is 5.92 Å². The monoisotopic (exact) mass is 249 g/mol. The molecule has 0 bridgehead atoms. The number of carbonyl (C=O) groups is 1. The van der Waals surface area contributed by atoms with Gasteiger partial charge >= 0.3 is 0 Å². The molecule has 5 heteroatoms. The van der Waals surface area contributed by atoms with E-state index in [0.29, 0.717) is 24.7 Å². The fourth-order valence-electron chi connectivity index (χ4n) is 2.46. The van der Waals surface area contributed by atoms with E-state index in [2.05, 4.69) is 10.3 Å². The van der Waals surface area contributed by atoms with E-state index in [4.69, 9.17) is 0 Å². The molecule has 1 aromatic heterocycles. The van der Waals surface area contributed by atoms with Gasteiger partial charge in [-0.05, 0) is 18.9 Å². The minimum absolute atomic E-state index is 0.250. The predicted octanol–water partition coefficient (Wildman–Crippen LogP) is 1.64. The van der Waals surface area contributed by atoms with Crippen molar-refractivity contribution in [2.45, 2.75) is 25.3 Å². The average Bonchev–Trinajstić information content (AvgIpc) is 3.13. The van der Waals surface area contributed by atoms with E-state index in [1.807, 2.05) is 4.90 Å². The number of carbonyl (C=O) groups excluding carboxylic acids is 1. The highest BCUT2D eigenvalue weighted by Crippen LogP contribution is 2.32. The van der Waals surface area contributed by atoms with E-state index in [1.54, 1.807) is 12.3 Å². The van der Waals surface area contributed by atoms with Crippen LogP contribution in [-0.2, 0) is 4.79 Å². The second kappa shape index (κ2) is 4.55. The number of nitrogens with zero attached hydrogens (tertiary/aromatic N) is 2. The van der Waals surface area contributed by atoms with Crippen molar-refractivity contribution in [3.8, 4) is 0 Å². The molecule has 3 rings (SSSR count). The second-order valence-corrected chi connectivity index (χ2v) is 5.08. The Morgan fingerprint density at radius 2 is 2.33 bits per heavy atom. The van der Waals surface area contributed by atoms with Crippen molar-refractivity contribution >= 4 is 11.6 Å². The molecule has 4 nitrogen and oxygen atoms in total. The Hall–Kier alpha value is -1.65. The van der Waals surface area contributed by atoms with Gasteiger partial charge in [-0.2, -0.15) is 0 Å². The summed E-state index contributed by atoms with van der Waals surface area (Å²) in [6, 6.07) is 2.10. The first-order valence-corrected chi connectivity index (χ1v) is 6.37. The normalized spacial score (nSPS) is 23.5. The van der Waals surface area contributed by atoms with Gasteiger partial charge < -0.3 is 10.2 Å². The molecule has 1 aliphatic carbocycles. The van der Waals surface area contributed by atoms with Crippen LogP contribution in [0.3, 0.4) is 0 Å². The molecular weight excluding hydrogens is 233 g/mol. The van der Waals surface area contributed by atoms with Crippen LogP contribution < -0.4 is 5.32 Å². The molecule has 18 heavy (non-hydrogen) atoms. The summed E-state index contributed by atoms with van der Waals surface area (Å²) in [5.74, 6) is 0.186. The van der Waals surface area contributed by atoms with Crippen LogP contribution in [-0.4, -0.2) is 34.9 Å². The van der Waals surface area contributed by atoms with E-state index >= 15 is 0 Å². The molecule has 96 valence electrons. The summed E-state index contributed by atoms with van der Waals surface area (Å²) in [5, 5.41) is 3.06. The number of hydrogen-bond acceptors (Lipinski definition) is 3. The lowest BCUT2D eigenvalue weighted by Gasteiger charge is -2.16. The van der Waals surface area contributed by atoms with Gasteiger partial charge in [-0.15, -0.1) is 0 Å². The third kappa shape index (κ3) is 2.30. The smallest absolute Gasteiger partial charge is 0.223 e. The van der Waals surface area contributed by atoms with Crippen molar-refractivity contribution < 1.29 is 9.18 Å². The average molecular weight is 249 g/mol. The summed E-state index contributed by atoms with van der Waals surface area (Å²) in [6.45, 7) is 1.44. The molecule has 1 atom stereocenters. The standard InChI is InChI=1S/C13H16FN3O/c14-11-7-15-4-3-12(11)16-6-9-5-13(18)17(8-9)10-1-2-10/h3-4,7,9-10H,1-2,5-6,8H2,(H,15,16). The van der Waals surface area contributed by atoms with Gasteiger partial charge in [0.2, 0.25) is 5.91 Å². The third-order valence-electron chi connectivity index (χ3n) is 3.58. The van der Waals surface area contributed by atoms with Crippen molar-refractivity contribution in [1.82, 2.24) is 9.88 Å². The lowest BCUT2D eigenvalue weighted by Crippen LogP contribution is -2.28. The minimum atomic E-state index is -0.346. The molecule has 1 unspecified atom stereocenters. The van der Waals surface area contributed by atoms with E-state index in [1.165, 1.54) is 6.20 Å². The minimum Gasteiger partial charge on any atom is -0.382 e. The van der Waals surface area contributed by atoms with E-state index in [0.717, 1.165) is 19.4 Å². The fraction of sp³-hybridized carbons (Fsp3) is 0.538. The molecule has 2 aliphatic rings. The zero-order chi connectivity index (χ0) is 12.5. The van der Waals surface area contributed by atoms with Crippen LogP contribution in [0.1, 0.15) is 19.3 Å². The van der Waals surface area contributed by atoms with E-state index < -0.39 is 0 Å². The van der Waals surface area contributed by atoms with Crippen molar-refractivity contribution in [2.75, 3.05) is 18.4 Å². The van der Waals surface area contributed by atoms with Gasteiger partial charge in [0.1, 0.15) is 0 Å². The SMILES string of the molecule is O=C1CC(CNc2ccncc2F)CN1C1CC1. The molecule has 1 aromatic rings. The Bertz CT molecular complexity index is 461. The van der Waals surface area contributed by atoms with Crippen LogP contribution in [0.4, 0.5) is 10.1 Å². The number of anilines is 1. The Kier molecular flexibility index (Phi) is 2.89. The summed E-state index contributed by atoms with van der Waals surface area (Å²) < 4.78 is 13.4. The topological polar surface area (TPSA) is 45.2 Å². The van der Waals surface area contributed by atoms with Gasteiger partial charge in [-0.3, -0.25) is 9.78 Å². The van der Waals surface area contributed by atoms with Crippen molar-refractivity contribution in [1.29, 1.82) is 0 Å². The molecule has 1 amide bonds. The van der Waals surface area contributed by atoms with E-state index in [-0.39, 0.29) is 17.6 Å². The number of nitrogens with one attached hydrogen (secondary N) is 1.